The van der Waals surface area contributed by atoms with Gasteiger partial charge in [0.2, 0.25) is 5.88 Å². The van der Waals surface area contributed by atoms with Gasteiger partial charge in [0.1, 0.15) is 11.9 Å². The Hall–Kier alpha value is -1.79. The first-order valence-corrected chi connectivity index (χ1v) is 12.1. The minimum absolute atomic E-state index is 0.0615. The number of rotatable bonds is 6. The Kier molecular flexibility index (Phi) is 6.77. The van der Waals surface area contributed by atoms with E-state index in [1.165, 1.54) is 0 Å². The highest BCUT2D eigenvalue weighted by Gasteiger charge is 2.31. The molecule has 0 saturated heterocycles. The van der Waals surface area contributed by atoms with E-state index in [0.29, 0.717) is 17.7 Å². The number of hydrogen-bond acceptors (Lipinski definition) is 6. The van der Waals surface area contributed by atoms with E-state index in [2.05, 4.69) is 18.8 Å². The van der Waals surface area contributed by atoms with Crippen LogP contribution in [0.2, 0.25) is 0 Å². The molecule has 2 N–H and O–H groups in total. The van der Waals surface area contributed by atoms with Crippen LogP contribution in [0, 0.1) is 5.92 Å². The number of ether oxygens (including phenoxy) is 1. The van der Waals surface area contributed by atoms with Gasteiger partial charge in [0.05, 0.1) is 22.6 Å². The van der Waals surface area contributed by atoms with Crippen molar-refractivity contribution in [1.29, 1.82) is 0 Å². The van der Waals surface area contributed by atoms with Gasteiger partial charge in [-0.3, -0.25) is 0 Å². The first-order valence-electron chi connectivity index (χ1n) is 12.1. The third-order valence-electron chi connectivity index (χ3n) is 7.32. The minimum atomic E-state index is -0.585. The summed E-state index contributed by atoms with van der Waals surface area (Å²) in [6.45, 7) is 6.33. The van der Waals surface area contributed by atoms with E-state index >= 15 is 0 Å². The molecule has 170 valence electrons. The zero-order valence-electron chi connectivity index (χ0n) is 19.2. The Bertz CT molecular complexity index is 883. The largest absolute Gasteiger partial charge is 0.474 e. The van der Waals surface area contributed by atoms with E-state index in [9.17, 15) is 10.2 Å². The number of fused-ring (bicyclic) bond motifs is 1. The van der Waals surface area contributed by atoms with Crippen LogP contribution < -0.4 is 4.74 Å². The molecule has 31 heavy (non-hydrogen) atoms. The summed E-state index contributed by atoms with van der Waals surface area (Å²) in [6, 6.07) is 0. The highest BCUT2D eigenvalue weighted by molar-refractivity contribution is 5.85. The van der Waals surface area contributed by atoms with Crippen molar-refractivity contribution < 1.29 is 14.9 Å². The van der Waals surface area contributed by atoms with Crippen molar-refractivity contribution in [3.63, 3.8) is 0 Å². The van der Waals surface area contributed by atoms with E-state index in [0.717, 1.165) is 86.5 Å². The minimum Gasteiger partial charge on any atom is -0.474 e. The van der Waals surface area contributed by atoms with Gasteiger partial charge in [-0.15, -0.1) is 0 Å². The molecule has 2 heterocycles. The molecule has 2 aromatic rings. The molecule has 2 aromatic heterocycles. The highest BCUT2D eigenvalue weighted by atomic mass is 16.5. The Balaban J connectivity index is 1.65. The van der Waals surface area contributed by atoms with Gasteiger partial charge in [-0.25, -0.2) is 15.0 Å². The molecule has 2 saturated carbocycles. The smallest absolute Gasteiger partial charge is 0.224 e. The van der Waals surface area contributed by atoms with Gasteiger partial charge in [-0.05, 0) is 70.1 Å². The molecule has 0 aliphatic heterocycles. The van der Waals surface area contributed by atoms with E-state index in [1.807, 2.05) is 19.3 Å². The van der Waals surface area contributed by atoms with Crippen LogP contribution in [0.1, 0.15) is 95.9 Å². The lowest BCUT2D eigenvalue weighted by Crippen LogP contribution is -2.35. The molecule has 0 amide bonds. The number of aliphatic hydroxyl groups excluding tert-OH is 1. The third kappa shape index (κ3) is 5.35. The van der Waals surface area contributed by atoms with Gasteiger partial charge in [0, 0.05) is 24.4 Å². The molecule has 4 rings (SSSR count). The molecule has 0 bridgehead atoms. The van der Waals surface area contributed by atoms with Crippen molar-refractivity contribution in [2.24, 2.45) is 5.92 Å². The van der Waals surface area contributed by atoms with E-state index in [1.54, 1.807) is 0 Å². The average Bonchev–Trinajstić information content (AvgIpc) is 2.76. The van der Waals surface area contributed by atoms with E-state index < -0.39 is 5.60 Å². The monoisotopic (exact) mass is 427 g/mol. The number of hydrogen-bond donors (Lipinski definition) is 2. The SMILES string of the molecule is CC[C@H](C)Cc1ncc2c(OC3CCC(C)(O)CC3)ncc(C3CCC(O)CC3)c2n1. The van der Waals surface area contributed by atoms with Crippen molar-refractivity contribution >= 4 is 10.9 Å². The summed E-state index contributed by atoms with van der Waals surface area (Å²) in [5, 5.41) is 21.1. The predicted octanol–water partition coefficient (Wildman–Crippen LogP) is 4.70. The number of nitrogens with zero attached hydrogens (tertiary/aromatic N) is 3. The summed E-state index contributed by atoms with van der Waals surface area (Å²) in [5.74, 6) is 2.39. The second-order valence-electron chi connectivity index (χ2n) is 10.1. The maximum absolute atomic E-state index is 10.2. The predicted molar refractivity (Wildman–Crippen MR) is 121 cm³/mol. The van der Waals surface area contributed by atoms with Gasteiger partial charge >= 0.3 is 0 Å². The van der Waals surface area contributed by atoms with Crippen molar-refractivity contribution in [3.8, 4) is 5.88 Å². The maximum Gasteiger partial charge on any atom is 0.224 e. The first kappa shape index (κ1) is 22.4. The summed E-state index contributed by atoms with van der Waals surface area (Å²) >= 11 is 0. The van der Waals surface area contributed by atoms with Crippen molar-refractivity contribution in [3.05, 3.63) is 23.8 Å². The molecule has 0 aromatic carbocycles. The molecule has 6 nitrogen and oxygen atoms in total. The molecule has 0 radical (unpaired) electrons. The Morgan fingerprint density at radius 1 is 1.10 bits per heavy atom. The normalized spacial score (nSPS) is 30.3. The van der Waals surface area contributed by atoms with Crippen molar-refractivity contribution in [1.82, 2.24) is 15.0 Å². The Labute approximate surface area is 185 Å². The summed E-state index contributed by atoms with van der Waals surface area (Å²) < 4.78 is 6.32. The van der Waals surface area contributed by atoms with Crippen LogP contribution in [0.25, 0.3) is 10.9 Å². The molecule has 2 aliphatic rings. The summed E-state index contributed by atoms with van der Waals surface area (Å²) in [7, 11) is 0. The molecule has 1 atom stereocenters. The van der Waals surface area contributed by atoms with Gasteiger partial charge in [-0.1, -0.05) is 20.3 Å². The number of pyridine rings is 1. The molecular weight excluding hydrogens is 390 g/mol. The molecular formula is C25H37N3O3. The lowest BCUT2D eigenvalue weighted by molar-refractivity contribution is -0.0114. The van der Waals surface area contributed by atoms with Gasteiger partial charge in [0.25, 0.3) is 0 Å². The summed E-state index contributed by atoms with van der Waals surface area (Å²) in [4.78, 5) is 14.4. The third-order valence-corrected chi connectivity index (χ3v) is 7.32. The molecule has 2 fully saturated rings. The van der Waals surface area contributed by atoms with Crippen LogP contribution in [-0.4, -0.2) is 43.0 Å². The fourth-order valence-corrected chi connectivity index (χ4v) is 4.88. The second-order valence-corrected chi connectivity index (χ2v) is 10.1. The summed E-state index contributed by atoms with van der Waals surface area (Å²) in [5.41, 5.74) is 1.54. The average molecular weight is 428 g/mol. The topological polar surface area (TPSA) is 88.4 Å². The van der Waals surface area contributed by atoms with Crippen LogP contribution >= 0.6 is 0 Å². The maximum atomic E-state index is 10.2. The van der Waals surface area contributed by atoms with Crippen LogP contribution in [0.15, 0.2) is 12.4 Å². The zero-order chi connectivity index (χ0) is 22.0. The van der Waals surface area contributed by atoms with E-state index in [4.69, 9.17) is 14.7 Å². The molecule has 6 heteroatoms. The van der Waals surface area contributed by atoms with E-state index in [-0.39, 0.29) is 12.2 Å². The van der Waals surface area contributed by atoms with Gasteiger partial charge in [-0.2, -0.15) is 0 Å². The quantitative estimate of drug-likeness (QED) is 0.694. The number of aliphatic hydroxyl groups is 2. The highest BCUT2D eigenvalue weighted by Crippen LogP contribution is 2.38. The van der Waals surface area contributed by atoms with Crippen LogP contribution in [0.5, 0.6) is 5.88 Å². The zero-order valence-corrected chi connectivity index (χ0v) is 19.2. The van der Waals surface area contributed by atoms with Gasteiger partial charge in [0.15, 0.2) is 0 Å². The lowest BCUT2D eigenvalue weighted by atomic mass is 9.82. The molecule has 2 aliphatic carbocycles. The number of aromatic nitrogens is 3. The first-order chi connectivity index (χ1) is 14.8. The standard InChI is InChI=1S/C25H37N3O3/c1-4-16(2)13-22-26-15-21-23(28-22)20(17-5-7-18(29)8-6-17)14-27-24(21)31-19-9-11-25(3,30)12-10-19/h14-19,29-30H,4-13H2,1-3H3/t16-,17?,18?,19?,25?/m0/s1. The Morgan fingerprint density at radius 2 is 1.81 bits per heavy atom. The fraction of sp³-hybridized carbons (Fsp3) is 0.720. The summed E-state index contributed by atoms with van der Waals surface area (Å²) in [6.07, 6.45) is 12.4. The lowest BCUT2D eigenvalue weighted by Gasteiger charge is -2.33. The van der Waals surface area contributed by atoms with Crippen LogP contribution in [0.3, 0.4) is 0 Å². The molecule has 0 spiro atoms. The second kappa shape index (κ2) is 9.37. The van der Waals surface area contributed by atoms with Crippen LogP contribution in [0.4, 0.5) is 0 Å². The van der Waals surface area contributed by atoms with Gasteiger partial charge < -0.3 is 14.9 Å². The van der Waals surface area contributed by atoms with Crippen molar-refractivity contribution in [2.45, 2.75) is 109 Å². The molecule has 0 unspecified atom stereocenters. The fourth-order valence-electron chi connectivity index (χ4n) is 4.88. The Morgan fingerprint density at radius 3 is 2.48 bits per heavy atom. The van der Waals surface area contributed by atoms with Crippen LogP contribution in [-0.2, 0) is 6.42 Å². The van der Waals surface area contributed by atoms with Crippen molar-refractivity contribution in [2.75, 3.05) is 0 Å².